The van der Waals surface area contributed by atoms with Gasteiger partial charge in [0.15, 0.2) is 0 Å². The van der Waals surface area contributed by atoms with E-state index in [4.69, 9.17) is 4.74 Å². The Kier molecular flexibility index (Phi) is 8.32. The Morgan fingerprint density at radius 2 is 1.87 bits per heavy atom. The Balaban J connectivity index is 1.60. The highest BCUT2D eigenvalue weighted by atomic mass is 32.2. The molecule has 1 aliphatic heterocycles. The highest BCUT2D eigenvalue weighted by Crippen LogP contribution is 2.16. The summed E-state index contributed by atoms with van der Waals surface area (Å²) in [7, 11) is 0. The maximum atomic E-state index is 12.0. The van der Waals surface area contributed by atoms with Gasteiger partial charge < -0.3 is 15.0 Å². The largest absolute Gasteiger partial charge is 0.494 e. The molecule has 5 heteroatoms. The van der Waals surface area contributed by atoms with Gasteiger partial charge in [0.25, 0.3) is 0 Å². The predicted molar refractivity (Wildman–Crippen MR) is 98.5 cm³/mol. The summed E-state index contributed by atoms with van der Waals surface area (Å²) >= 11 is 1.71. The second-order valence-electron chi connectivity index (χ2n) is 5.81. The van der Waals surface area contributed by atoms with Crippen LogP contribution >= 0.6 is 11.8 Å². The molecule has 0 spiro atoms. The molecule has 0 aliphatic carbocycles. The standard InChI is InChI=1S/C18H28N2O2S/c1-2-22-17-9-7-16(8-10-17)19-18(21)15-23-14-13-20-11-5-3-4-6-12-20/h7-10H,2-6,11-15H2,1H3,(H,19,21). The number of anilines is 1. The predicted octanol–water partition coefficient (Wildman–Crippen LogP) is 3.63. The number of hydrogen-bond donors (Lipinski definition) is 1. The van der Waals surface area contributed by atoms with Crippen LogP contribution in [0.2, 0.25) is 0 Å². The van der Waals surface area contributed by atoms with E-state index >= 15 is 0 Å². The molecular formula is C18H28N2O2S. The number of ether oxygens (including phenoxy) is 1. The van der Waals surface area contributed by atoms with Gasteiger partial charge >= 0.3 is 0 Å². The lowest BCUT2D eigenvalue weighted by Crippen LogP contribution is -2.27. The minimum Gasteiger partial charge on any atom is -0.494 e. The summed E-state index contributed by atoms with van der Waals surface area (Å²) in [6, 6.07) is 7.52. The van der Waals surface area contributed by atoms with Crippen molar-refractivity contribution in [3.63, 3.8) is 0 Å². The summed E-state index contributed by atoms with van der Waals surface area (Å²) in [6.07, 6.45) is 5.38. The molecule has 1 N–H and O–H groups in total. The first-order valence-electron chi connectivity index (χ1n) is 8.60. The van der Waals surface area contributed by atoms with E-state index in [0.29, 0.717) is 12.4 Å². The van der Waals surface area contributed by atoms with Crippen LogP contribution in [0.15, 0.2) is 24.3 Å². The molecule has 1 aromatic rings. The molecule has 0 atom stereocenters. The van der Waals surface area contributed by atoms with Gasteiger partial charge in [-0.25, -0.2) is 0 Å². The lowest BCUT2D eigenvalue weighted by Gasteiger charge is -2.19. The van der Waals surface area contributed by atoms with E-state index in [2.05, 4.69) is 10.2 Å². The minimum absolute atomic E-state index is 0.0648. The van der Waals surface area contributed by atoms with E-state index in [1.54, 1.807) is 11.8 Å². The molecule has 1 amide bonds. The number of likely N-dealkylation sites (tertiary alicyclic amines) is 1. The SMILES string of the molecule is CCOc1ccc(NC(=O)CSCCN2CCCCCC2)cc1. The fraction of sp³-hybridized carbons (Fsp3) is 0.611. The summed E-state index contributed by atoms with van der Waals surface area (Å²) < 4.78 is 5.39. The van der Waals surface area contributed by atoms with Crippen molar-refractivity contribution in [3.8, 4) is 5.75 Å². The van der Waals surface area contributed by atoms with Gasteiger partial charge in [-0.1, -0.05) is 12.8 Å². The Hall–Kier alpha value is -1.20. The van der Waals surface area contributed by atoms with Crippen molar-refractivity contribution in [2.75, 3.05) is 43.1 Å². The number of nitrogens with one attached hydrogen (secondary N) is 1. The topological polar surface area (TPSA) is 41.6 Å². The molecule has 0 bridgehead atoms. The smallest absolute Gasteiger partial charge is 0.234 e. The van der Waals surface area contributed by atoms with Crippen molar-refractivity contribution in [2.45, 2.75) is 32.6 Å². The highest BCUT2D eigenvalue weighted by molar-refractivity contribution is 7.99. The van der Waals surface area contributed by atoms with Crippen molar-refractivity contribution in [3.05, 3.63) is 24.3 Å². The van der Waals surface area contributed by atoms with Crippen molar-refractivity contribution in [1.29, 1.82) is 0 Å². The van der Waals surface area contributed by atoms with E-state index in [0.717, 1.165) is 23.7 Å². The lowest BCUT2D eigenvalue weighted by molar-refractivity contribution is -0.113. The van der Waals surface area contributed by atoms with Crippen molar-refractivity contribution >= 4 is 23.4 Å². The molecule has 0 aromatic heterocycles. The van der Waals surface area contributed by atoms with E-state index < -0.39 is 0 Å². The van der Waals surface area contributed by atoms with E-state index in [-0.39, 0.29) is 5.91 Å². The van der Waals surface area contributed by atoms with Crippen LogP contribution in [-0.4, -0.2) is 48.6 Å². The molecule has 1 heterocycles. The van der Waals surface area contributed by atoms with Crippen molar-refractivity contribution < 1.29 is 9.53 Å². The molecular weight excluding hydrogens is 308 g/mol. The average molecular weight is 337 g/mol. The fourth-order valence-corrected chi connectivity index (χ4v) is 3.51. The number of benzene rings is 1. The number of amides is 1. The molecule has 23 heavy (non-hydrogen) atoms. The molecule has 1 fully saturated rings. The number of carbonyl (C=O) groups is 1. The molecule has 0 radical (unpaired) electrons. The zero-order valence-corrected chi connectivity index (χ0v) is 14.9. The number of nitrogens with zero attached hydrogens (tertiary/aromatic N) is 1. The summed E-state index contributed by atoms with van der Waals surface area (Å²) in [4.78, 5) is 14.5. The summed E-state index contributed by atoms with van der Waals surface area (Å²) in [6.45, 7) is 6.15. The highest BCUT2D eigenvalue weighted by Gasteiger charge is 2.09. The summed E-state index contributed by atoms with van der Waals surface area (Å²) in [5.74, 6) is 2.44. The van der Waals surface area contributed by atoms with Crippen LogP contribution in [0.3, 0.4) is 0 Å². The summed E-state index contributed by atoms with van der Waals surface area (Å²) in [5, 5.41) is 2.93. The van der Waals surface area contributed by atoms with Crippen LogP contribution in [0.1, 0.15) is 32.6 Å². The first-order valence-corrected chi connectivity index (χ1v) is 9.76. The van der Waals surface area contributed by atoms with Gasteiger partial charge in [-0.3, -0.25) is 4.79 Å². The number of rotatable bonds is 8. The Bertz CT molecular complexity index is 457. The van der Waals surface area contributed by atoms with Gasteiger partial charge in [0, 0.05) is 18.0 Å². The Morgan fingerprint density at radius 3 is 2.52 bits per heavy atom. The van der Waals surface area contributed by atoms with Crippen molar-refractivity contribution in [1.82, 2.24) is 4.90 Å². The van der Waals surface area contributed by atoms with Crippen molar-refractivity contribution in [2.24, 2.45) is 0 Å². The zero-order valence-electron chi connectivity index (χ0n) is 14.1. The van der Waals surface area contributed by atoms with E-state index in [1.165, 1.54) is 38.8 Å². The van der Waals surface area contributed by atoms with Crippen LogP contribution in [0.5, 0.6) is 5.75 Å². The van der Waals surface area contributed by atoms with Gasteiger partial charge in [-0.15, -0.1) is 0 Å². The lowest BCUT2D eigenvalue weighted by atomic mass is 10.2. The van der Waals surface area contributed by atoms with Gasteiger partial charge in [0.2, 0.25) is 5.91 Å². The Morgan fingerprint density at radius 1 is 1.17 bits per heavy atom. The average Bonchev–Trinajstić information content (AvgIpc) is 2.82. The monoisotopic (exact) mass is 336 g/mol. The van der Waals surface area contributed by atoms with Gasteiger partial charge in [-0.2, -0.15) is 11.8 Å². The van der Waals surface area contributed by atoms with Crippen LogP contribution in [-0.2, 0) is 4.79 Å². The van der Waals surface area contributed by atoms with Crippen LogP contribution in [0, 0.1) is 0 Å². The molecule has 1 saturated heterocycles. The fourth-order valence-electron chi connectivity index (χ4n) is 2.72. The number of hydrogen-bond acceptors (Lipinski definition) is 4. The number of carbonyl (C=O) groups excluding carboxylic acids is 1. The maximum Gasteiger partial charge on any atom is 0.234 e. The third-order valence-electron chi connectivity index (χ3n) is 3.93. The molecule has 1 aliphatic rings. The molecule has 1 aromatic carbocycles. The molecule has 0 saturated carbocycles. The first-order chi connectivity index (χ1) is 11.3. The third kappa shape index (κ3) is 7.27. The summed E-state index contributed by atoms with van der Waals surface area (Å²) in [5.41, 5.74) is 0.826. The van der Waals surface area contributed by atoms with Crippen LogP contribution < -0.4 is 10.1 Å². The Labute approximate surface area is 144 Å². The zero-order chi connectivity index (χ0) is 16.3. The van der Waals surface area contributed by atoms with E-state index in [9.17, 15) is 4.79 Å². The number of thioether (sulfide) groups is 1. The second-order valence-corrected chi connectivity index (χ2v) is 6.92. The van der Waals surface area contributed by atoms with Gasteiger partial charge in [0.05, 0.1) is 12.4 Å². The molecule has 4 nitrogen and oxygen atoms in total. The van der Waals surface area contributed by atoms with Crippen LogP contribution in [0.4, 0.5) is 5.69 Å². The molecule has 0 unspecified atom stereocenters. The quantitative estimate of drug-likeness (QED) is 0.736. The first kappa shape index (κ1) is 18.1. The maximum absolute atomic E-state index is 12.0. The third-order valence-corrected chi connectivity index (χ3v) is 4.87. The minimum atomic E-state index is 0.0648. The van der Waals surface area contributed by atoms with Gasteiger partial charge in [-0.05, 0) is 57.1 Å². The van der Waals surface area contributed by atoms with Crippen LogP contribution in [0.25, 0.3) is 0 Å². The van der Waals surface area contributed by atoms with E-state index in [1.807, 2.05) is 31.2 Å². The second kappa shape index (κ2) is 10.6. The molecule has 2 rings (SSSR count). The normalized spacial score (nSPS) is 15.9. The van der Waals surface area contributed by atoms with Gasteiger partial charge in [0.1, 0.15) is 5.75 Å². The molecule has 128 valence electrons.